The van der Waals surface area contributed by atoms with Crippen molar-refractivity contribution in [3.05, 3.63) is 124 Å². The molecule has 1 aliphatic heterocycles. The molecule has 4 aromatic carbocycles. The molecule has 12 heteroatoms. The molecule has 0 aliphatic carbocycles. The average Bonchev–Trinajstić information content (AvgIpc) is 3.82. The van der Waals surface area contributed by atoms with E-state index in [0.29, 0.717) is 42.7 Å². The van der Waals surface area contributed by atoms with Crippen molar-refractivity contribution >= 4 is 62.0 Å². The first-order valence-corrected chi connectivity index (χ1v) is 17.5. The second-order valence-electron chi connectivity index (χ2n) is 10.9. The zero-order valence-corrected chi connectivity index (χ0v) is 28.5. The van der Waals surface area contributed by atoms with Crippen molar-refractivity contribution in [2.24, 2.45) is 0 Å². The number of methoxy groups -OCH3 is 2. The molecule has 7 rings (SSSR count). The number of thioether (sulfide) groups is 1. The van der Waals surface area contributed by atoms with Crippen molar-refractivity contribution in [3.8, 4) is 22.1 Å². The van der Waals surface area contributed by atoms with Crippen molar-refractivity contribution in [2.45, 2.75) is 23.1 Å². The van der Waals surface area contributed by atoms with Gasteiger partial charge in [-0.1, -0.05) is 102 Å². The molecule has 0 fully saturated rings. The number of ketones is 1. The molecule has 1 N–H and O–H groups in total. The fourth-order valence-corrected chi connectivity index (χ4v) is 8.62. The van der Waals surface area contributed by atoms with Crippen LogP contribution in [0.4, 0.5) is 5.13 Å². The molecule has 3 heterocycles. The Hall–Kier alpha value is -5.04. The summed E-state index contributed by atoms with van der Waals surface area (Å²) in [7, 11) is 3.04. The number of nitrogens with zero attached hydrogens (tertiary/aromatic N) is 4. The topological polar surface area (TPSA) is 115 Å². The molecule has 1 atom stereocenters. The lowest BCUT2D eigenvalue weighted by molar-refractivity contribution is -0.117. The minimum absolute atomic E-state index is 0.0706. The quantitative estimate of drug-likeness (QED) is 0.0862. The number of aryl methyl sites for hydroxylation is 1. The Balaban J connectivity index is 1.26. The first-order chi connectivity index (χ1) is 23.4. The van der Waals surface area contributed by atoms with Gasteiger partial charge in [0.2, 0.25) is 10.9 Å². The Labute approximate surface area is 288 Å². The van der Waals surface area contributed by atoms with Crippen LogP contribution in [0.25, 0.3) is 21.3 Å². The highest BCUT2D eigenvalue weighted by Crippen LogP contribution is 2.46. The molecule has 48 heavy (non-hydrogen) atoms. The summed E-state index contributed by atoms with van der Waals surface area (Å²) in [6.07, 6.45) is 0. The number of aromatic nitrogens is 3. The number of anilines is 1. The Bertz CT molecular complexity index is 2210. The Morgan fingerprint density at radius 3 is 2.46 bits per heavy atom. The van der Waals surface area contributed by atoms with Gasteiger partial charge < -0.3 is 14.6 Å². The summed E-state index contributed by atoms with van der Waals surface area (Å²) < 4.78 is 11.6. The second kappa shape index (κ2) is 13.2. The van der Waals surface area contributed by atoms with Crippen LogP contribution in [0.5, 0.6) is 11.5 Å². The van der Waals surface area contributed by atoms with Crippen LogP contribution in [0.1, 0.15) is 32.5 Å². The number of aliphatic hydroxyl groups is 1. The number of rotatable bonds is 10. The Morgan fingerprint density at radius 2 is 1.67 bits per heavy atom. The van der Waals surface area contributed by atoms with E-state index in [-0.39, 0.29) is 10.7 Å². The lowest BCUT2D eigenvalue weighted by atomic mass is 9.95. The number of benzene rings is 4. The number of aliphatic hydroxyl groups excluding tert-OH is 1. The minimum Gasteiger partial charge on any atom is -0.503 e. The molecule has 6 aromatic rings. The lowest BCUT2D eigenvalue weighted by Crippen LogP contribution is -2.31. The van der Waals surface area contributed by atoms with Gasteiger partial charge in [-0.3, -0.25) is 14.5 Å². The van der Waals surface area contributed by atoms with E-state index in [2.05, 4.69) is 39.4 Å². The average molecular weight is 693 g/mol. The zero-order valence-electron chi connectivity index (χ0n) is 26.0. The highest BCUT2D eigenvalue weighted by Gasteiger charge is 2.47. The highest BCUT2D eigenvalue weighted by molar-refractivity contribution is 8.00. The molecule has 240 valence electrons. The standard InChI is InChI=1S/C36H28N4O5S3/c1-20-32(47-33(37-20)22-11-5-4-6-12-22)30(41)28-29(23-16-17-26(44-2)27(18-23)45-3)40(34(43)31(28)42)35-38-39-36(48-35)46-19-24-14-9-13-21-10-7-8-15-25(21)24/h4-18,29,42H,19H2,1-3H3. The van der Waals surface area contributed by atoms with Gasteiger partial charge in [0.05, 0.1) is 36.4 Å². The molecule has 1 amide bonds. The minimum atomic E-state index is -1.02. The summed E-state index contributed by atoms with van der Waals surface area (Å²) in [4.78, 5) is 34.6. The monoisotopic (exact) mass is 692 g/mol. The number of carbonyl (C=O) groups excluding carboxylic acids is 2. The molecule has 0 saturated carbocycles. The maximum Gasteiger partial charge on any atom is 0.296 e. The summed E-state index contributed by atoms with van der Waals surface area (Å²) in [5, 5.41) is 23.4. The smallest absolute Gasteiger partial charge is 0.296 e. The van der Waals surface area contributed by atoms with E-state index in [4.69, 9.17) is 9.47 Å². The fourth-order valence-electron chi connectivity index (χ4n) is 5.72. The van der Waals surface area contributed by atoms with Crippen LogP contribution >= 0.6 is 34.4 Å². The predicted molar refractivity (Wildman–Crippen MR) is 189 cm³/mol. The number of carbonyl (C=O) groups is 2. The van der Waals surface area contributed by atoms with Crippen LogP contribution in [-0.2, 0) is 10.5 Å². The van der Waals surface area contributed by atoms with Crippen LogP contribution in [-0.4, -0.2) is 46.2 Å². The van der Waals surface area contributed by atoms with Crippen molar-refractivity contribution in [1.29, 1.82) is 0 Å². The van der Waals surface area contributed by atoms with E-state index in [1.165, 1.54) is 53.6 Å². The maximum atomic E-state index is 14.4. The van der Waals surface area contributed by atoms with Gasteiger partial charge >= 0.3 is 0 Å². The molecule has 1 unspecified atom stereocenters. The molecule has 0 radical (unpaired) electrons. The molecule has 0 spiro atoms. The van der Waals surface area contributed by atoms with Gasteiger partial charge in [-0.05, 0) is 41.0 Å². The molecule has 1 aliphatic rings. The van der Waals surface area contributed by atoms with Crippen LogP contribution in [0.3, 0.4) is 0 Å². The third-order valence-electron chi connectivity index (χ3n) is 8.03. The van der Waals surface area contributed by atoms with Gasteiger partial charge in [0.25, 0.3) is 5.91 Å². The van der Waals surface area contributed by atoms with Gasteiger partial charge in [0.1, 0.15) is 5.01 Å². The van der Waals surface area contributed by atoms with Gasteiger partial charge in [0.15, 0.2) is 21.6 Å². The first kappa shape index (κ1) is 31.6. The predicted octanol–water partition coefficient (Wildman–Crippen LogP) is 8.22. The van der Waals surface area contributed by atoms with Gasteiger partial charge in [-0.2, -0.15) is 0 Å². The van der Waals surface area contributed by atoms with Crippen LogP contribution in [0, 0.1) is 6.92 Å². The Morgan fingerprint density at radius 1 is 0.917 bits per heavy atom. The number of ether oxygens (including phenoxy) is 2. The highest BCUT2D eigenvalue weighted by atomic mass is 32.2. The summed E-state index contributed by atoms with van der Waals surface area (Å²) in [6.45, 7) is 1.75. The molecular weight excluding hydrogens is 665 g/mol. The number of hydrogen-bond acceptors (Lipinski definition) is 11. The third-order valence-corrected chi connectivity index (χ3v) is 11.3. The van der Waals surface area contributed by atoms with Gasteiger partial charge in [-0.15, -0.1) is 21.5 Å². The van der Waals surface area contributed by atoms with Crippen LogP contribution in [0.15, 0.2) is 107 Å². The summed E-state index contributed by atoms with van der Waals surface area (Å²) in [5.41, 5.74) is 2.98. The van der Waals surface area contributed by atoms with E-state index in [1.54, 1.807) is 25.1 Å². The number of hydrogen-bond donors (Lipinski definition) is 1. The maximum absolute atomic E-state index is 14.4. The van der Waals surface area contributed by atoms with Gasteiger partial charge in [-0.25, -0.2) is 4.98 Å². The summed E-state index contributed by atoms with van der Waals surface area (Å²) >= 11 is 3.95. The van der Waals surface area contributed by atoms with E-state index >= 15 is 0 Å². The summed E-state index contributed by atoms with van der Waals surface area (Å²) in [5.74, 6) is -0.351. The Kier molecular flexibility index (Phi) is 8.69. The molecule has 0 saturated heterocycles. The van der Waals surface area contributed by atoms with Crippen LogP contribution in [0.2, 0.25) is 0 Å². The second-order valence-corrected chi connectivity index (χ2v) is 14.0. The summed E-state index contributed by atoms with van der Waals surface area (Å²) in [6, 6.07) is 28.1. The van der Waals surface area contributed by atoms with E-state index in [0.717, 1.165) is 21.9 Å². The molecule has 9 nitrogen and oxygen atoms in total. The van der Waals surface area contributed by atoms with E-state index < -0.39 is 23.5 Å². The molecule has 2 aromatic heterocycles. The normalized spacial score (nSPS) is 14.6. The van der Waals surface area contributed by atoms with Crippen molar-refractivity contribution in [1.82, 2.24) is 15.2 Å². The van der Waals surface area contributed by atoms with Crippen molar-refractivity contribution < 1.29 is 24.2 Å². The SMILES string of the molecule is COc1ccc(C2C(C(=O)c3sc(-c4ccccc4)nc3C)=C(O)C(=O)N2c2nnc(SCc3cccc4ccccc34)s2)cc1OC. The fraction of sp³-hybridized carbons (Fsp3) is 0.139. The number of thiazole rings is 1. The van der Waals surface area contributed by atoms with E-state index in [1.807, 2.05) is 48.5 Å². The number of Topliss-reactive ketones (excluding diaryl/α,β-unsaturated/α-hetero) is 1. The van der Waals surface area contributed by atoms with Crippen molar-refractivity contribution in [3.63, 3.8) is 0 Å². The molecule has 0 bridgehead atoms. The largest absolute Gasteiger partial charge is 0.503 e. The van der Waals surface area contributed by atoms with Crippen molar-refractivity contribution in [2.75, 3.05) is 19.1 Å². The molecular formula is C36H28N4O5S3. The number of fused-ring (bicyclic) bond motifs is 1. The first-order valence-electron chi connectivity index (χ1n) is 14.9. The lowest BCUT2D eigenvalue weighted by Gasteiger charge is -2.24. The van der Waals surface area contributed by atoms with Crippen LogP contribution < -0.4 is 14.4 Å². The third kappa shape index (κ3) is 5.72. The zero-order chi connectivity index (χ0) is 33.4. The van der Waals surface area contributed by atoms with E-state index in [9.17, 15) is 14.7 Å². The van der Waals surface area contributed by atoms with Gasteiger partial charge in [0, 0.05) is 11.3 Å². The number of amides is 1.